The van der Waals surface area contributed by atoms with Crippen molar-refractivity contribution >= 4 is 22.8 Å². The molecule has 0 aliphatic heterocycles. The van der Waals surface area contributed by atoms with Crippen LogP contribution in [0.4, 0.5) is 5.82 Å². The van der Waals surface area contributed by atoms with E-state index in [2.05, 4.69) is 16.5 Å². The van der Waals surface area contributed by atoms with Crippen molar-refractivity contribution in [2.24, 2.45) is 0 Å². The Balaban J connectivity index is 1.66. The highest BCUT2D eigenvalue weighted by atomic mass is 16.2. The number of nitriles is 1. The molecule has 0 spiro atoms. The van der Waals surface area contributed by atoms with Crippen molar-refractivity contribution in [1.29, 1.82) is 5.26 Å². The van der Waals surface area contributed by atoms with Crippen LogP contribution in [0.5, 0.6) is 0 Å². The number of rotatable bonds is 6. The maximum absolute atomic E-state index is 13.8. The minimum atomic E-state index is -0.861. The number of anilines is 1. The van der Waals surface area contributed by atoms with E-state index in [4.69, 9.17) is 5.10 Å². The monoisotopic (exact) mass is 491 g/mol. The fourth-order valence-electron chi connectivity index (χ4n) is 4.68. The Morgan fingerprint density at radius 3 is 2.24 bits per heavy atom. The third kappa shape index (κ3) is 4.08. The van der Waals surface area contributed by atoms with Crippen molar-refractivity contribution in [2.75, 3.05) is 5.32 Å². The molecular formula is C28H25N7O2. The van der Waals surface area contributed by atoms with E-state index in [1.807, 2.05) is 81.4 Å². The number of aryl methyl sites for hydroxylation is 2. The summed E-state index contributed by atoms with van der Waals surface area (Å²) in [5.74, 6) is -0.177. The van der Waals surface area contributed by atoms with Gasteiger partial charge in [-0.3, -0.25) is 14.2 Å². The van der Waals surface area contributed by atoms with Gasteiger partial charge in [-0.1, -0.05) is 43.3 Å². The van der Waals surface area contributed by atoms with Crippen LogP contribution in [0.3, 0.4) is 0 Å². The second kappa shape index (κ2) is 9.59. The van der Waals surface area contributed by atoms with Gasteiger partial charge in [-0.25, -0.2) is 9.36 Å². The normalized spacial score (nSPS) is 11.8. The van der Waals surface area contributed by atoms with Crippen LogP contribution >= 0.6 is 0 Å². The third-order valence-electron chi connectivity index (χ3n) is 6.37. The molecule has 1 unspecified atom stereocenters. The van der Waals surface area contributed by atoms with E-state index in [0.717, 1.165) is 22.3 Å². The summed E-state index contributed by atoms with van der Waals surface area (Å²) in [5.41, 5.74) is 3.49. The topological polar surface area (TPSA) is 111 Å². The van der Waals surface area contributed by atoms with Gasteiger partial charge in [-0.2, -0.15) is 15.5 Å². The lowest BCUT2D eigenvalue weighted by atomic mass is 10.1. The zero-order valence-electron chi connectivity index (χ0n) is 20.7. The molecule has 0 saturated heterocycles. The maximum Gasteiger partial charge on any atom is 0.253 e. The van der Waals surface area contributed by atoms with Gasteiger partial charge < -0.3 is 5.32 Å². The second-order valence-electron chi connectivity index (χ2n) is 8.75. The molecular weight excluding hydrogens is 466 g/mol. The summed E-state index contributed by atoms with van der Waals surface area (Å²) >= 11 is 0. The predicted molar refractivity (Wildman–Crippen MR) is 141 cm³/mol. The average Bonchev–Trinajstić information content (AvgIpc) is 3.48. The molecule has 0 radical (unpaired) electrons. The van der Waals surface area contributed by atoms with E-state index in [-0.39, 0.29) is 16.9 Å². The molecule has 0 fully saturated rings. The number of fused-ring (bicyclic) bond motifs is 1. The summed E-state index contributed by atoms with van der Waals surface area (Å²) in [4.78, 5) is 27.2. The molecule has 0 aliphatic carbocycles. The van der Waals surface area contributed by atoms with Crippen LogP contribution in [0, 0.1) is 25.2 Å². The molecule has 2 aromatic carbocycles. The van der Waals surface area contributed by atoms with Gasteiger partial charge in [-0.15, -0.1) is 0 Å². The van der Waals surface area contributed by atoms with E-state index >= 15 is 0 Å². The van der Waals surface area contributed by atoms with Crippen LogP contribution < -0.4 is 10.9 Å². The lowest BCUT2D eigenvalue weighted by Gasteiger charge is -2.21. The Morgan fingerprint density at radius 2 is 1.65 bits per heavy atom. The molecule has 5 rings (SSSR count). The quantitative estimate of drug-likeness (QED) is 0.377. The summed E-state index contributed by atoms with van der Waals surface area (Å²) < 4.78 is 4.72. The maximum atomic E-state index is 13.8. The minimum absolute atomic E-state index is 0.221. The first kappa shape index (κ1) is 23.8. The largest absolute Gasteiger partial charge is 0.308 e. The van der Waals surface area contributed by atoms with E-state index < -0.39 is 11.9 Å². The lowest BCUT2D eigenvalue weighted by molar-refractivity contribution is -0.119. The van der Waals surface area contributed by atoms with Crippen LogP contribution in [0.1, 0.15) is 36.2 Å². The molecule has 0 saturated carbocycles. The highest BCUT2D eigenvalue weighted by Gasteiger charge is 2.27. The molecule has 184 valence electrons. The number of hydrogen-bond donors (Lipinski definition) is 1. The van der Waals surface area contributed by atoms with Crippen molar-refractivity contribution in [3.63, 3.8) is 0 Å². The molecule has 0 aliphatic rings. The fraction of sp³-hybridized carbons (Fsp3) is 0.179. The average molecular weight is 492 g/mol. The predicted octanol–water partition coefficient (Wildman–Crippen LogP) is 4.45. The Kier molecular flexibility index (Phi) is 6.15. The second-order valence-corrected chi connectivity index (χ2v) is 8.75. The van der Waals surface area contributed by atoms with Crippen LogP contribution in [0.15, 0.2) is 77.7 Å². The van der Waals surface area contributed by atoms with Crippen molar-refractivity contribution in [2.45, 2.75) is 33.2 Å². The summed E-state index contributed by atoms with van der Waals surface area (Å²) in [6, 6.07) is 21.5. The summed E-state index contributed by atoms with van der Waals surface area (Å²) in [5, 5.41) is 22.4. The summed E-state index contributed by atoms with van der Waals surface area (Å²) in [6.07, 6.45) is 1.75. The standard InChI is InChI=1S/C28H25N7O2/c1-4-23(27(37)31-26-20(16-29)17-30-34(26)21-11-7-5-8-12-21)33-24(36)15-18(2)25-19(3)32-35(28(25)33)22-13-9-6-10-14-22/h5-15,17,23H,4H2,1-3H3,(H,31,37). The van der Waals surface area contributed by atoms with E-state index in [9.17, 15) is 14.9 Å². The number of aromatic nitrogens is 5. The number of pyridine rings is 1. The number of hydrogen-bond acceptors (Lipinski definition) is 5. The number of amides is 1. The Hall–Kier alpha value is -4.97. The number of nitrogens with one attached hydrogen (secondary N) is 1. The Morgan fingerprint density at radius 1 is 1.03 bits per heavy atom. The first-order valence-corrected chi connectivity index (χ1v) is 12.0. The molecule has 9 nitrogen and oxygen atoms in total. The van der Waals surface area contributed by atoms with Gasteiger partial charge in [0, 0.05) is 11.5 Å². The van der Waals surface area contributed by atoms with Gasteiger partial charge in [0.2, 0.25) is 5.91 Å². The third-order valence-corrected chi connectivity index (χ3v) is 6.37. The van der Waals surface area contributed by atoms with Crippen molar-refractivity contribution in [3.8, 4) is 17.4 Å². The molecule has 5 aromatic rings. The van der Waals surface area contributed by atoms with Crippen LogP contribution in [-0.4, -0.2) is 30.0 Å². The van der Waals surface area contributed by atoms with Crippen molar-refractivity contribution < 1.29 is 4.79 Å². The summed E-state index contributed by atoms with van der Waals surface area (Å²) in [7, 11) is 0. The number of nitrogens with zero attached hydrogens (tertiary/aromatic N) is 6. The number of benzene rings is 2. The van der Waals surface area contributed by atoms with Crippen LogP contribution in [0.2, 0.25) is 0 Å². The summed E-state index contributed by atoms with van der Waals surface area (Å²) in [6.45, 7) is 5.61. The first-order valence-electron chi connectivity index (χ1n) is 12.0. The molecule has 3 aromatic heterocycles. The molecule has 9 heteroatoms. The van der Waals surface area contributed by atoms with Gasteiger partial charge in [0.15, 0.2) is 5.82 Å². The SMILES string of the molecule is CCC(C(=O)Nc1c(C#N)cnn1-c1ccccc1)n1c(=O)cc(C)c2c(C)nn(-c3ccccc3)c21. The zero-order chi connectivity index (χ0) is 26.1. The van der Waals surface area contributed by atoms with Crippen LogP contribution in [-0.2, 0) is 4.79 Å². The molecule has 1 atom stereocenters. The molecule has 3 heterocycles. The first-order chi connectivity index (χ1) is 17.9. The number of carbonyl (C=O) groups is 1. The van der Waals surface area contributed by atoms with Gasteiger partial charge in [0.05, 0.1) is 23.3 Å². The van der Waals surface area contributed by atoms with Gasteiger partial charge in [0.25, 0.3) is 5.56 Å². The highest BCUT2D eigenvalue weighted by Crippen LogP contribution is 2.28. The lowest BCUT2D eigenvalue weighted by Crippen LogP contribution is -2.34. The zero-order valence-corrected chi connectivity index (χ0v) is 20.7. The molecule has 37 heavy (non-hydrogen) atoms. The van der Waals surface area contributed by atoms with Gasteiger partial charge >= 0.3 is 0 Å². The Bertz CT molecular complexity index is 1710. The van der Waals surface area contributed by atoms with Gasteiger partial charge in [-0.05, 0) is 50.1 Å². The number of para-hydroxylation sites is 2. The minimum Gasteiger partial charge on any atom is -0.308 e. The smallest absolute Gasteiger partial charge is 0.253 e. The fourth-order valence-corrected chi connectivity index (χ4v) is 4.68. The molecule has 1 amide bonds. The Labute approximate surface area is 213 Å². The number of carbonyl (C=O) groups excluding carboxylic acids is 1. The molecule has 1 N–H and O–H groups in total. The van der Waals surface area contributed by atoms with E-state index in [1.54, 1.807) is 4.68 Å². The van der Waals surface area contributed by atoms with Crippen molar-refractivity contribution in [1.82, 2.24) is 24.1 Å². The van der Waals surface area contributed by atoms with E-state index in [0.29, 0.717) is 17.8 Å². The van der Waals surface area contributed by atoms with Crippen molar-refractivity contribution in [3.05, 3.63) is 100 Å². The molecule has 0 bridgehead atoms. The van der Waals surface area contributed by atoms with Crippen LogP contribution in [0.25, 0.3) is 22.4 Å². The highest BCUT2D eigenvalue weighted by molar-refractivity contribution is 5.95. The van der Waals surface area contributed by atoms with E-state index in [1.165, 1.54) is 21.5 Å². The van der Waals surface area contributed by atoms with Gasteiger partial charge in [0.1, 0.15) is 23.3 Å².